The second kappa shape index (κ2) is 10.2. The molecule has 2 heterocycles. The second-order valence-corrected chi connectivity index (χ2v) is 7.82. The number of nitrogens with zero attached hydrogens (tertiary/aromatic N) is 3. The number of amides is 4. The topological polar surface area (TPSA) is 156 Å². The van der Waals surface area contributed by atoms with Crippen molar-refractivity contribution in [1.29, 1.82) is 0 Å². The number of piperidine rings is 1. The molecule has 4 amide bonds. The van der Waals surface area contributed by atoms with Crippen molar-refractivity contribution in [3.05, 3.63) is 53.6 Å². The van der Waals surface area contributed by atoms with Crippen molar-refractivity contribution in [2.24, 2.45) is 16.0 Å². The molecule has 34 heavy (non-hydrogen) atoms. The van der Waals surface area contributed by atoms with Crippen LogP contribution in [-0.2, 0) is 20.9 Å². The van der Waals surface area contributed by atoms with E-state index in [-0.39, 0.29) is 37.3 Å². The first-order chi connectivity index (χ1) is 16.5. The van der Waals surface area contributed by atoms with Gasteiger partial charge >= 0.3 is 0 Å². The van der Waals surface area contributed by atoms with Crippen LogP contribution in [0.3, 0.4) is 0 Å². The lowest BCUT2D eigenvalue weighted by molar-refractivity contribution is -0.137. The van der Waals surface area contributed by atoms with Crippen LogP contribution in [0.5, 0.6) is 5.75 Å². The van der Waals surface area contributed by atoms with E-state index in [0.717, 1.165) is 0 Å². The number of hydrogen-bond acceptors (Lipinski definition) is 8. The number of fused-ring (bicyclic) bond motifs is 1. The van der Waals surface area contributed by atoms with Gasteiger partial charge < -0.3 is 20.7 Å². The van der Waals surface area contributed by atoms with Gasteiger partial charge in [0, 0.05) is 37.2 Å². The number of benzene rings is 2. The quantitative estimate of drug-likeness (QED) is 0.395. The molecule has 11 heteroatoms. The van der Waals surface area contributed by atoms with Crippen molar-refractivity contribution in [1.82, 2.24) is 15.5 Å². The summed E-state index contributed by atoms with van der Waals surface area (Å²) in [5.41, 5.74) is 7.58. The molecule has 1 unspecified atom stereocenters. The molecule has 2 aliphatic heterocycles. The van der Waals surface area contributed by atoms with Gasteiger partial charge in [-0.15, -0.1) is 0 Å². The zero-order chi connectivity index (χ0) is 24.1. The molecule has 2 aromatic rings. The standard InChI is InChI=1S/C23H24N6O5/c24-10-11-25-21(31)13-34-15-6-4-14(5-7-15)27-28-18-3-1-2-16-17(18)12-29(23(16)33)19-8-9-20(30)26-22(19)32/h1-7,19H,8-13,24H2,(H,25,31)(H,26,30,32). The molecule has 2 aliphatic rings. The molecule has 4 rings (SSSR count). The van der Waals surface area contributed by atoms with E-state index in [2.05, 4.69) is 20.9 Å². The van der Waals surface area contributed by atoms with E-state index in [1.54, 1.807) is 42.5 Å². The fourth-order valence-corrected chi connectivity index (χ4v) is 3.80. The van der Waals surface area contributed by atoms with Crippen LogP contribution in [0, 0.1) is 0 Å². The number of imide groups is 1. The van der Waals surface area contributed by atoms with Gasteiger partial charge in [0.2, 0.25) is 11.8 Å². The molecule has 4 N–H and O–H groups in total. The Morgan fingerprint density at radius 2 is 1.94 bits per heavy atom. The third-order valence-corrected chi connectivity index (χ3v) is 5.50. The molecule has 0 spiro atoms. The summed E-state index contributed by atoms with van der Waals surface area (Å²) in [6.45, 7) is 0.851. The van der Waals surface area contributed by atoms with Crippen LogP contribution in [0.15, 0.2) is 52.7 Å². The molecule has 0 aliphatic carbocycles. The van der Waals surface area contributed by atoms with Gasteiger partial charge in [0.15, 0.2) is 6.61 Å². The van der Waals surface area contributed by atoms with E-state index in [4.69, 9.17) is 10.5 Å². The van der Waals surface area contributed by atoms with E-state index >= 15 is 0 Å². The molecule has 176 valence electrons. The summed E-state index contributed by atoms with van der Waals surface area (Å²) in [7, 11) is 0. The Morgan fingerprint density at radius 1 is 1.15 bits per heavy atom. The van der Waals surface area contributed by atoms with Gasteiger partial charge in [-0.05, 0) is 42.8 Å². The minimum atomic E-state index is -0.688. The number of nitrogens with two attached hydrogens (primary N) is 1. The van der Waals surface area contributed by atoms with Gasteiger partial charge in [-0.2, -0.15) is 10.2 Å². The lowest BCUT2D eigenvalue weighted by atomic mass is 10.0. The fourth-order valence-electron chi connectivity index (χ4n) is 3.80. The minimum absolute atomic E-state index is 0.116. The van der Waals surface area contributed by atoms with Crippen molar-refractivity contribution in [2.45, 2.75) is 25.4 Å². The van der Waals surface area contributed by atoms with E-state index in [0.29, 0.717) is 47.8 Å². The van der Waals surface area contributed by atoms with Crippen LogP contribution >= 0.6 is 0 Å². The Labute approximate surface area is 195 Å². The zero-order valence-corrected chi connectivity index (χ0v) is 18.3. The average Bonchev–Trinajstić information content (AvgIpc) is 3.17. The molecule has 0 saturated carbocycles. The summed E-state index contributed by atoms with van der Waals surface area (Å²) < 4.78 is 5.42. The summed E-state index contributed by atoms with van der Waals surface area (Å²) >= 11 is 0. The van der Waals surface area contributed by atoms with Crippen molar-refractivity contribution in [2.75, 3.05) is 19.7 Å². The van der Waals surface area contributed by atoms with Crippen LogP contribution in [0.4, 0.5) is 11.4 Å². The second-order valence-electron chi connectivity index (χ2n) is 7.82. The summed E-state index contributed by atoms with van der Waals surface area (Å²) in [6.07, 6.45) is 0.492. The number of carbonyl (C=O) groups is 4. The number of azo groups is 1. The first-order valence-corrected chi connectivity index (χ1v) is 10.8. The molecular formula is C23H24N6O5. The molecule has 11 nitrogen and oxygen atoms in total. The number of rotatable bonds is 8. The summed E-state index contributed by atoms with van der Waals surface area (Å²) in [4.78, 5) is 49.6. The third-order valence-electron chi connectivity index (χ3n) is 5.50. The highest BCUT2D eigenvalue weighted by Crippen LogP contribution is 2.34. The van der Waals surface area contributed by atoms with Crippen LogP contribution in [-0.4, -0.2) is 54.3 Å². The maximum Gasteiger partial charge on any atom is 0.257 e. The summed E-state index contributed by atoms with van der Waals surface area (Å²) in [5, 5.41) is 13.5. The number of hydrogen-bond donors (Lipinski definition) is 3. The third kappa shape index (κ3) is 5.09. The van der Waals surface area contributed by atoms with E-state index < -0.39 is 11.9 Å². The maximum atomic E-state index is 12.9. The summed E-state index contributed by atoms with van der Waals surface area (Å²) in [6, 6.07) is 11.2. The molecule has 2 aromatic carbocycles. The van der Waals surface area contributed by atoms with Crippen LogP contribution in [0.2, 0.25) is 0 Å². The Bertz CT molecular complexity index is 1150. The molecule has 1 atom stereocenters. The van der Waals surface area contributed by atoms with Crippen molar-refractivity contribution >= 4 is 35.0 Å². The highest BCUT2D eigenvalue weighted by molar-refractivity contribution is 6.06. The Hall–Kier alpha value is -4.12. The van der Waals surface area contributed by atoms with Gasteiger partial charge in [0.1, 0.15) is 11.8 Å². The van der Waals surface area contributed by atoms with E-state index in [1.807, 2.05) is 0 Å². The smallest absolute Gasteiger partial charge is 0.257 e. The van der Waals surface area contributed by atoms with Gasteiger partial charge in [-0.3, -0.25) is 24.5 Å². The van der Waals surface area contributed by atoms with Gasteiger partial charge in [-0.25, -0.2) is 0 Å². The maximum absolute atomic E-state index is 12.9. The molecule has 0 radical (unpaired) electrons. The molecule has 0 aromatic heterocycles. The first kappa shape index (κ1) is 23.1. The van der Waals surface area contributed by atoms with E-state index in [9.17, 15) is 19.2 Å². The molecular weight excluding hydrogens is 440 g/mol. The molecule has 0 bridgehead atoms. The molecule has 1 fully saturated rings. The van der Waals surface area contributed by atoms with Crippen molar-refractivity contribution < 1.29 is 23.9 Å². The zero-order valence-electron chi connectivity index (χ0n) is 18.3. The predicted molar refractivity (Wildman–Crippen MR) is 121 cm³/mol. The van der Waals surface area contributed by atoms with Crippen LogP contribution < -0.4 is 21.1 Å². The van der Waals surface area contributed by atoms with Crippen molar-refractivity contribution in [3.8, 4) is 5.75 Å². The Balaban J connectivity index is 1.42. The van der Waals surface area contributed by atoms with E-state index in [1.165, 1.54) is 4.90 Å². The number of nitrogens with one attached hydrogen (secondary N) is 2. The van der Waals surface area contributed by atoms with Crippen LogP contribution in [0.1, 0.15) is 28.8 Å². The average molecular weight is 464 g/mol. The predicted octanol–water partition coefficient (Wildman–Crippen LogP) is 1.32. The van der Waals surface area contributed by atoms with Crippen molar-refractivity contribution in [3.63, 3.8) is 0 Å². The monoisotopic (exact) mass is 464 g/mol. The van der Waals surface area contributed by atoms with Gasteiger partial charge in [0.25, 0.3) is 11.8 Å². The van der Waals surface area contributed by atoms with Gasteiger partial charge in [0.05, 0.1) is 11.4 Å². The highest BCUT2D eigenvalue weighted by Gasteiger charge is 2.39. The Kier molecular flexibility index (Phi) is 6.93. The summed E-state index contributed by atoms with van der Waals surface area (Å²) in [5.74, 6) is -0.801. The SMILES string of the molecule is NCCNC(=O)COc1ccc(N=Nc2cccc3c2CN(C2CCC(=O)NC2=O)C3=O)cc1. The minimum Gasteiger partial charge on any atom is -0.484 e. The molecule has 1 saturated heterocycles. The lowest BCUT2D eigenvalue weighted by Crippen LogP contribution is -2.52. The van der Waals surface area contributed by atoms with Crippen LogP contribution in [0.25, 0.3) is 0 Å². The first-order valence-electron chi connectivity index (χ1n) is 10.8. The number of ether oxygens (including phenoxy) is 1. The fraction of sp³-hybridized carbons (Fsp3) is 0.304. The normalized spacial score (nSPS) is 17.6. The Morgan fingerprint density at radius 3 is 2.68 bits per heavy atom. The highest BCUT2D eigenvalue weighted by atomic mass is 16.5. The lowest BCUT2D eigenvalue weighted by Gasteiger charge is -2.29. The largest absolute Gasteiger partial charge is 0.484 e. The van der Waals surface area contributed by atoms with Gasteiger partial charge in [-0.1, -0.05) is 6.07 Å². The number of carbonyl (C=O) groups excluding carboxylic acids is 4.